The molecule has 6 heteroatoms. The molecule has 0 aromatic carbocycles. The van der Waals surface area contributed by atoms with Crippen LogP contribution in [0.2, 0.25) is 0 Å². The van der Waals surface area contributed by atoms with E-state index in [1.54, 1.807) is 13.8 Å². The van der Waals surface area contributed by atoms with Gasteiger partial charge >= 0.3 is 17.9 Å². The van der Waals surface area contributed by atoms with E-state index in [-0.39, 0.29) is 40.1 Å². The zero-order chi connectivity index (χ0) is 31.3. The molecule has 2 N–H and O–H groups in total. The van der Waals surface area contributed by atoms with Gasteiger partial charge < -0.3 is 14.9 Å². The van der Waals surface area contributed by atoms with E-state index < -0.39 is 28.7 Å². The molecule has 0 radical (unpaired) electrons. The highest BCUT2D eigenvalue weighted by molar-refractivity contribution is 5.81. The zero-order valence-electron chi connectivity index (χ0n) is 27.8. The number of carbonyl (C=O) groups is 3. The van der Waals surface area contributed by atoms with Crippen molar-refractivity contribution < 1.29 is 29.3 Å². The van der Waals surface area contributed by atoms with Crippen LogP contribution in [-0.4, -0.2) is 34.2 Å². The van der Waals surface area contributed by atoms with Crippen LogP contribution in [0.4, 0.5) is 0 Å². The van der Waals surface area contributed by atoms with Gasteiger partial charge in [0.1, 0.15) is 6.10 Å². The lowest BCUT2D eigenvalue weighted by atomic mass is 9.32. The number of fused-ring (bicyclic) bond motifs is 7. The van der Waals surface area contributed by atoms with Crippen molar-refractivity contribution in [2.75, 3.05) is 0 Å². The maximum absolute atomic E-state index is 12.9. The van der Waals surface area contributed by atoms with Crippen LogP contribution in [-0.2, 0) is 19.1 Å². The summed E-state index contributed by atoms with van der Waals surface area (Å²) in [6, 6.07) is 0. The van der Waals surface area contributed by atoms with Gasteiger partial charge in [-0.2, -0.15) is 0 Å². The van der Waals surface area contributed by atoms with Crippen LogP contribution < -0.4 is 0 Å². The summed E-state index contributed by atoms with van der Waals surface area (Å²) in [5, 5.41) is 20.2. The van der Waals surface area contributed by atoms with Gasteiger partial charge in [0.25, 0.3) is 0 Å². The van der Waals surface area contributed by atoms with Gasteiger partial charge in [-0.3, -0.25) is 14.4 Å². The standard InChI is InChI=1S/C36H58O6/c1-21(2)22-12-17-36(30(40)41)19-18-34(8)23(28(22)36)10-11-25-33(7)15-14-26(42-27(37)20-31(3,4)29(38)39)32(5,6)24(33)13-16-35(25,34)9/h21-26,28H,10-20H2,1-9H3,(H,38,39)(H,40,41)/t22?,23-,24+,25?,26?,28-,33+,34-,35-,36?/m1/s1. The number of hydrogen-bond donors (Lipinski definition) is 2. The Morgan fingerprint density at radius 2 is 1.48 bits per heavy atom. The Kier molecular flexibility index (Phi) is 7.55. The molecule has 0 aliphatic heterocycles. The molecule has 5 rings (SSSR count). The van der Waals surface area contributed by atoms with E-state index in [0.29, 0.717) is 29.6 Å². The topological polar surface area (TPSA) is 101 Å². The second-order valence-corrected chi connectivity index (χ2v) is 17.8. The summed E-state index contributed by atoms with van der Waals surface area (Å²) in [6.45, 7) is 20.0. The van der Waals surface area contributed by atoms with Crippen LogP contribution in [0.5, 0.6) is 0 Å². The Balaban J connectivity index is 1.42. The molecule has 5 saturated carbocycles. The first-order chi connectivity index (χ1) is 19.3. The Labute approximate surface area is 254 Å². The van der Waals surface area contributed by atoms with Crippen LogP contribution >= 0.6 is 0 Å². The van der Waals surface area contributed by atoms with Gasteiger partial charge in [-0.1, -0.05) is 48.5 Å². The normalized spacial score (nSPS) is 46.1. The molecule has 5 fully saturated rings. The van der Waals surface area contributed by atoms with Crippen LogP contribution in [0.25, 0.3) is 0 Å². The predicted octanol–water partition coefficient (Wildman–Crippen LogP) is 8.22. The van der Waals surface area contributed by atoms with E-state index in [4.69, 9.17) is 4.74 Å². The minimum absolute atomic E-state index is 0.117. The van der Waals surface area contributed by atoms with Gasteiger partial charge in [0.2, 0.25) is 0 Å². The third kappa shape index (κ3) is 4.25. The Hall–Kier alpha value is -1.59. The maximum Gasteiger partial charge on any atom is 0.309 e. The molecule has 0 aromatic rings. The van der Waals surface area contributed by atoms with E-state index >= 15 is 0 Å². The molecule has 0 heterocycles. The van der Waals surface area contributed by atoms with Gasteiger partial charge in [0.05, 0.1) is 17.3 Å². The first-order valence-electron chi connectivity index (χ1n) is 16.9. The van der Waals surface area contributed by atoms with Crippen molar-refractivity contribution >= 4 is 17.9 Å². The first kappa shape index (κ1) is 31.8. The van der Waals surface area contributed by atoms with Crippen molar-refractivity contribution in [3.05, 3.63) is 0 Å². The average Bonchev–Trinajstić information content (AvgIpc) is 3.27. The molecule has 0 amide bonds. The minimum Gasteiger partial charge on any atom is -0.481 e. The summed E-state index contributed by atoms with van der Waals surface area (Å²) in [7, 11) is 0. The number of carboxylic acid groups (broad SMARTS) is 2. The Morgan fingerprint density at radius 3 is 2.07 bits per heavy atom. The molecule has 4 unspecified atom stereocenters. The van der Waals surface area contributed by atoms with Gasteiger partial charge in [0, 0.05) is 5.41 Å². The van der Waals surface area contributed by atoms with Crippen LogP contribution in [0.15, 0.2) is 0 Å². The van der Waals surface area contributed by atoms with E-state index in [2.05, 4.69) is 48.5 Å². The molecule has 0 spiro atoms. The Morgan fingerprint density at radius 1 is 0.810 bits per heavy atom. The van der Waals surface area contributed by atoms with Crippen molar-refractivity contribution in [2.24, 2.45) is 68.0 Å². The van der Waals surface area contributed by atoms with E-state index in [1.165, 1.54) is 0 Å². The van der Waals surface area contributed by atoms with Crippen LogP contribution in [0.1, 0.15) is 133 Å². The second-order valence-electron chi connectivity index (χ2n) is 17.8. The monoisotopic (exact) mass is 586 g/mol. The molecule has 42 heavy (non-hydrogen) atoms. The lowest BCUT2D eigenvalue weighted by Gasteiger charge is -2.72. The molecule has 0 saturated heterocycles. The summed E-state index contributed by atoms with van der Waals surface area (Å²) in [5.74, 6) is 0.791. The lowest BCUT2D eigenvalue weighted by molar-refractivity contribution is -0.252. The summed E-state index contributed by atoms with van der Waals surface area (Å²) >= 11 is 0. The highest BCUT2D eigenvalue weighted by Gasteiger charge is 2.72. The van der Waals surface area contributed by atoms with Crippen molar-refractivity contribution in [3.63, 3.8) is 0 Å². The molecule has 6 nitrogen and oxygen atoms in total. The van der Waals surface area contributed by atoms with E-state index in [9.17, 15) is 24.6 Å². The number of carboxylic acids is 2. The van der Waals surface area contributed by atoms with Gasteiger partial charge in [-0.15, -0.1) is 0 Å². The molecular formula is C36H58O6. The van der Waals surface area contributed by atoms with Gasteiger partial charge in [-0.25, -0.2) is 0 Å². The quantitative estimate of drug-likeness (QED) is 0.304. The van der Waals surface area contributed by atoms with Crippen LogP contribution in [0.3, 0.4) is 0 Å². The average molecular weight is 587 g/mol. The lowest BCUT2D eigenvalue weighted by Crippen LogP contribution is -2.67. The first-order valence-corrected chi connectivity index (χ1v) is 16.9. The minimum atomic E-state index is -1.14. The number of aliphatic carboxylic acids is 2. The molecule has 5 aliphatic rings. The number of hydrogen-bond acceptors (Lipinski definition) is 4. The second kappa shape index (κ2) is 9.96. The van der Waals surface area contributed by atoms with E-state index in [0.717, 1.165) is 64.2 Å². The SMILES string of the molecule is CC(C)C1CCC2(C(=O)O)CC[C@]3(C)[C@H](CCC4[C@@]5(C)CCC(OC(=O)CC(C)(C)C(=O)O)C(C)(C)[C@@H]5CC[C@]43C)[C@@H]12. The summed E-state index contributed by atoms with van der Waals surface area (Å²) in [6.07, 6.45) is 9.76. The molecule has 10 atom stereocenters. The third-order valence-corrected chi connectivity index (χ3v) is 15.1. The summed E-state index contributed by atoms with van der Waals surface area (Å²) in [4.78, 5) is 37.5. The van der Waals surface area contributed by atoms with Crippen molar-refractivity contribution in [1.29, 1.82) is 0 Å². The maximum atomic E-state index is 12.9. The highest BCUT2D eigenvalue weighted by atomic mass is 16.5. The molecular weight excluding hydrogens is 528 g/mol. The van der Waals surface area contributed by atoms with E-state index in [1.807, 2.05) is 0 Å². The van der Waals surface area contributed by atoms with Crippen LogP contribution in [0, 0.1) is 68.0 Å². The fraction of sp³-hybridized carbons (Fsp3) is 0.917. The van der Waals surface area contributed by atoms with Crippen molar-refractivity contribution in [2.45, 2.75) is 139 Å². The number of esters is 1. The number of ether oxygens (including phenoxy) is 1. The smallest absolute Gasteiger partial charge is 0.309 e. The fourth-order valence-corrected chi connectivity index (χ4v) is 12.6. The molecule has 0 aromatic heterocycles. The summed E-state index contributed by atoms with van der Waals surface area (Å²) in [5.41, 5.74) is -1.47. The molecule has 0 bridgehead atoms. The predicted molar refractivity (Wildman–Crippen MR) is 163 cm³/mol. The summed E-state index contributed by atoms with van der Waals surface area (Å²) < 4.78 is 6.11. The molecule has 238 valence electrons. The number of rotatable bonds is 6. The highest BCUT2D eigenvalue weighted by Crippen LogP contribution is 2.77. The third-order valence-electron chi connectivity index (χ3n) is 15.1. The zero-order valence-corrected chi connectivity index (χ0v) is 27.8. The van der Waals surface area contributed by atoms with Gasteiger partial charge in [-0.05, 0) is 130 Å². The fourth-order valence-electron chi connectivity index (χ4n) is 12.6. The molecule has 5 aliphatic carbocycles. The van der Waals surface area contributed by atoms with Crippen molar-refractivity contribution in [1.82, 2.24) is 0 Å². The largest absolute Gasteiger partial charge is 0.481 e. The Bertz CT molecular complexity index is 1120. The van der Waals surface area contributed by atoms with Crippen molar-refractivity contribution in [3.8, 4) is 0 Å². The number of carbonyl (C=O) groups excluding carboxylic acids is 1. The van der Waals surface area contributed by atoms with Gasteiger partial charge in [0.15, 0.2) is 0 Å².